The van der Waals surface area contributed by atoms with Crippen molar-refractivity contribution in [2.45, 2.75) is 6.18 Å². The number of carbonyl (C=O) groups excluding carboxylic acids is 1. The molecule has 1 heterocycles. The SMILES string of the molecule is COCCOc1ccccc1C(=O)Nc1cc(C(F)(F)F)ccn1. The van der Waals surface area contributed by atoms with Gasteiger partial charge in [-0.3, -0.25) is 4.79 Å². The minimum atomic E-state index is -4.51. The van der Waals surface area contributed by atoms with E-state index in [1.165, 1.54) is 13.2 Å². The van der Waals surface area contributed by atoms with E-state index >= 15 is 0 Å². The van der Waals surface area contributed by atoms with Crippen molar-refractivity contribution >= 4 is 11.7 Å². The first kappa shape index (κ1) is 17.7. The van der Waals surface area contributed by atoms with Crippen LogP contribution < -0.4 is 10.1 Å². The number of nitrogens with one attached hydrogen (secondary N) is 1. The van der Waals surface area contributed by atoms with Crippen molar-refractivity contribution in [2.75, 3.05) is 25.6 Å². The standard InChI is InChI=1S/C16H15F3N2O3/c1-23-8-9-24-13-5-3-2-4-12(13)15(22)21-14-10-11(6-7-20-14)16(17,18)19/h2-7,10H,8-9H2,1H3,(H,20,21,22). The molecular formula is C16H15F3N2O3. The zero-order chi connectivity index (χ0) is 17.6. The molecule has 1 N–H and O–H groups in total. The fourth-order valence-corrected chi connectivity index (χ4v) is 1.87. The molecule has 1 aromatic heterocycles. The molecule has 0 fully saturated rings. The molecule has 1 amide bonds. The van der Waals surface area contributed by atoms with Crippen LogP contribution >= 0.6 is 0 Å². The largest absolute Gasteiger partial charge is 0.490 e. The Morgan fingerprint density at radius 2 is 1.96 bits per heavy atom. The number of rotatable bonds is 6. The molecule has 1 aromatic carbocycles. The predicted molar refractivity (Wildman–Crippen MR) is 81.0 cm³/mol. The number of benzene rings is 1. The number of ether oxygens (including phenoxy) is 2. The van der Waals surface area contributed by atoms with E-state index in [0.717, 1.165) is 18.3 Å². The smallest absolute Gasteiger partial charge is 0.416 e. The van der Waals surface area contributed by atoms with Crippen LogP contribution in [0.1, 0.15) is 15.9 Å². The van der Waals surface area contributed by atoms with Crippen molar-refractivity contribution < 1.29 is 27.4 Å². The van der Waals surface area contributed by atoms with Crippen molar-refractivity contribution in [1.82, 2.24) is 4.98 Å². The summed E-state index contributed by atoms with van der Waals surface area (Å²) >= 11 is 0. The first-order valence-corrected chi connectivity index (χ1v) is 6.97. The number of hydrogen-bond donors (Lipinski definition) is 1. The lowest BCUT2D eigenvalue weighted by Gasteiger charge is -2.12. The fraction of sp³-hybridized carbons (Fsp3) is 0.250. The van der Waals surface area contributed by atoms with Gasteiger partial charge < -0.3 is 14.8 Å². The van der Waals surface area contributed by atoms with Gasteiger partial charge in [0.2, 0.25) is 0 Å². The number of nitrogens with zero attached hydrogens (tertiary/aromatic N) is 1. The second kappa shape index (κ2) is 7.78. The number of para-hydroxylation sites is 1. The highest BCUT2D eigenvalue weighted by molar-refractivity contribution is 6.05. The molecule has 0 unspecified atom stereocenters. The lowest BCUT2D eigenvalue weighted by atomic mass is 10.2. The van der Waals surface area contributed by atoms with E-state index < -0.39 is 17.6 Å². The van der Waals surface area contributed by atoms with Crippen LogP contribution in [-0.4, -0.2) is 31.2 Å². The minimum absolute atomic E-state index is 0.188. The third-order valence-electron chi connectivity index (χ3n) is 3.01. The highest BCUT2D eigenvalue weighted by atomic mass is 19.4. The van der Waals surface area contributed by atoms with Gasteiger partial charge in [-0.05, 0) is 24.3 Å². The molecule has 0 saturated carbocycles. The Morgan fingerprint density at radius 3 is 2.67 bits per heavy atom. The third-order valence-corrected chi connectivity index (χ3v) is 3.01. The molecule has 0 spiro atoms. The molecule has 0 aliphatic heterocycles. The summed E-state index contributed by atoms with van der Waals surface area (Å²) in [5.74, 6) is -0.504. The van der Waals surface area contributed by atoms with E-state index in [0.29, 0.717) is 12.4 Å². The molecule has 2 rings (SSSR count). The average Bonchev–Trinajstić information content (AvgIpc) is 2.55. The number of hydrogen-bond acceptors (Lipinski definition) is 4. The molecule has 0 saturated heterocycles. The Morgan fingerprint density at radius 1 is 1.21 bits per heavy atom. The zero-order valence-electron chi connectivity index (χ0n) is 12.8. The molecular weight excluding hydrogens is 325 g/mol. The minimum Gasteiger partial charge on any atom is -0.490 e. The molecule has 2 aromatic rings. The number of methoxy groups -OCH3 is 1. The zero-order valence-corrected chi connectivity index (χ0v) is 12.8. The first-order chi connectivity index (χ1) is 11.4. The van der Waals surface area contributed by atoms with Crippen LogP contribution in [0, 0.1) is 0 Å². The molecule has 0 radical (unpaired) electrons. The number of pyridine rings is 1. The van der Waals surface area contributed by atoms with Crippen LogP contribution in [0.15, 0.2) is 42.6 Å². The number of anilines is 1. The monoisotopic (exact) mass is 340 g/mol. The maximum atomic E-state index is 12.7. The summed E-state index contributed by atoms with van der Waals surface area (Å²) in [5.41, 5.74) is -0.703. The van der Waals surface area contributed by atoms with Crippen LogP contribution in [-0.2, 0) is 10.9 Å². The van der Waals surface area contributed by atoms with E-state index in [9.17, 15) is 18.0 Å². The Hall–Kier alpha value is -2.61. The molecule has 0 aliphatic rings. The molecule has 0 aliphatic carbocycles. The van der Waals surface area contributed by atoms with E-state index in [1.807, 2.05) is 0 Å². The van der Waals surface area contributed by atoms with Crippen LogP contribution in [0.3, 0.4) is 0 Å². The highest BCUT2D eigenvalue weighted by Gasteiger charge is 2.30. The van der Waals surface area contributed by atoms with Crippen LogP contribution in [0.4, 0.5) is 19.0 Å². The van der Waals surface area contributed by atoms with Crippen LogP contribution in [0.25, 0.3) is 0 Å². The maximum Gasteiger partial charge on any atom is 0.416 e. The normalized spacial score (nSPS) is 11.2. The van der Waals surface area contributed by atoms with Crippen molar-refractivity contribution in [2.24, 2.45) is 0 Å². The van der Waals surface area contributed by atoms with Gasteiger partial charge in [-0.1, -0.05) is 12.1 Å². The second-order valence-electron chi connectivity index (χ2n) is 4.72. The van der Waals surface area contributed by atoms with Gasteiger partial charge in [0.25, 0.3) is 5.91 Å². The van der Waals surface area contributed by atoms with Crippen LogP contribution in [0.5, 0.6) is 5.75 Å². The Bertz CT molecular complexity index is 705. The van der Waals surface area contributed by atoms with E-state index in [-0.39, 0.29) is 18.0 Å². The number of aromatic nitrogens is 1. The third kappa shape index (κ3) is 4.69. The summed E-state index contributed by atoms with van der Waals surface area (Å²) in [7, 11) is 1.52. The van der Waals surface area contributed by atoms with E-state index in [2.05, 4.69) is 10.3 Å². The molecule has 128 valence electrons. The Kier molecular flexibility index (Phi) is 5.75. The van der Waals surface area contributed by atoms with E-state index in [1.54, 1.807) is 18.2 Å². The topological polar surface area (TPSA) is 60.5 Å². The molecule has 8 heteroatoms. The van der Waals surface area contributed by atoms with Gasteiger partial charge in [-0.25, -0.2) is 4.98 Å². The molecule has 24 heavy (non-hydrogen) atoms. The number of carbonyl (C=O) groups is 1. The predicted octanol–water partition coefficient (Wildman–Crippen LogP) is 3.38. The lowest BCUT2D eigenvalue weighted by molar-refractivity contribution is -0.137. The van der Waals surface area contributed by atoms with Crippen LogP contribution in [0.2, 0.25) is 0 Å². The quantitative estimate of drug-likeness (QED) is 0.819. The summed E-state index contributed by atoms with van der Waals surface area (Å²) < 4.78 is 48.4. The van der Waals surface area contributed by atoms with Crippen molar-refractivity contribution in [3.05, 3.63) is 53.7 Å². The molecule has 0 bridgehead atoms. The van der Waals surface area contributed by atoms with E-state index in [4.69, 9.17) is 9.47 Å². The number of halogens is 3. The maximum absolute atomic E-state index is 12.7. The van der Waals surface area contributed by atoms with Gasteiger partial charge in [-0.2, -0.15) is 13.2 Å². The highest BCUT2D eigenvalue weighted by Crippen LogP contribution is 2.30. The van der Waals surface area contributed by atoms with Gasteiger partial charge >= 0.3 is 6.18 Å². The average molecular weight is 340 g/mol. The summed E-state index contributed by atoms with van der Waals surface area (Å²) in [5, 5.41) is 2.34. The van der Waals surface area contributed by atoms with Gasteiger partial charge in [-0.15, -0.1) is 0 Å². The number of alkyl halides is 3. The van der Waals surface area contributed by atoms with Crippen molar-refractivity contribution in [3.8, 4) is 5.75 Å². The lowest BCUT2D eigenvalue weighted by Crippen LogP contribution is -2.16. The summed E-state index contributed by atoms with van der Waals surface area (Å²) in [6.45, 7) is 0.577. The Labute approximate surface area is 136 Å². The molecule has 0 atom stereocenters. The van der Waals surface area contributed by atoms with Gasteiger partial charge in [0, 0.05) is 13.3 Å². The van der Waals surface area contributed by atoms with Crippen molar-refractivity contribution in [1.29, 1.82) is 0 Å². The fourth-order valence-electron chi connectivity index (χ4n) is 1.87. The first-order valence-electron chi connectivity index (χ1n) is 6.97. The van der Waals surface area contributed by atoms with Gasteiger partial charge in [0.15, 0.2) is 0 Å². The number of amides is 1. The summed E-state index contributed by atoms with van der Waals surface area (Å²) in [6.07, 6.45) is -3.52. The second-order valence-corrected chi connectivity index (χ2v) is 4.72. The van der Waals surface area contributed by atoms with Gasteiger partial charge in [0.1, 0.15) is 18.2 Å². The van der Waals surface area contributed by atoms with Crippen molar-refractivity contribution in [3.63, 3.8) is 0 Å². The summed E-state index contributed by atoms with van der Waals surface area (Å²) in [4.78, 5) is 16.0. The Balaban J connectivity index is 2.16. The summed E-state index contributed by atoms with van der Waals surface area (Å²) in [6, 6.07) is 8.00. The van der Waals surface area contributed by atoms with Gasteiger partial charge in [0.05, 0.1) is 17.7 Å². The molecule has 5 nitrogen and oxygen atoms in total.